The molecule has 194 valence electrons. The molecule has 2 aliphatic rings. The van der Waals surface area contributed by atoms with E-state index in [4.69, 9.17) is 4.74 Å². The van der Waals surface area contributed by atoms with E-state index in [0.717, 1.165) is 52.1 Å². The molecule has 2 aromatic carbocycles. The summed E-state index contributed by atoms with van der Waals surface area (Å²) in [6, 6.07) is 18.1. The second kappa shape index (κ2) is 13.3. The van der Waals surface area contributed by atoms with Crippen LogP contribution in [-0.2, 0) is 9.59 Å². The molecule has 4 rings (SSSR count). The molecule has 36 heavy (non-hydrogen) atoms. The van der Waals surface area contributed by atoms with Crippen LogP contribution in [0.5, 0.6) is 5.75 Å². The van der Waals surface area contributed by atoms with Gasteiger partial charge in [-0.05, 0) is 69.0 Å². The molecular formula is C29H40N4O3. The van der Waals surface area contributed by atoms with Crippen molar-refractivity contribution in [1.82, 2.24) is 15.1 Å². The fourth-order valence-corrected chi connectivity index (χ4v) is 5.01. The number of carbonyl (C=O) groups is 2. The van der Waals surface area contributed by atoms with Gasteiger partial charge in [0.1, 0.15) is 5.75 Å². The second-order valence-corrected chi connectivity index (χ2v) is 9.92. The van der Waals surface area contributed by atoms with E-state index < -0.39 is 0 Å². The molecule has 0 unspecified atom stereocenters. The minimum atomic E-state index is -0.0163. The van der Waals surface area contributed by atoms with Gasteiger partial charge in [-0.2, -0.15) is 0 Å². The van der Waals surface area contributed by atoms with Crippen molar-refractivity contribution < 1.29 is 14.3 Å². The Bertz CT molecular complexity index is 967. The number of nitrogens with zero attached hydrogens (tertiary/aromatic N) is 3. The molecule has 0 radical (unpaired) electrons. The lowest BCUT2D eigenvalue weighted by molar-refractivity contribution is -0.137. The summed E-state index contributed by atoms with van der Waals surface area (Å²) in [6.45, 7) is 9.55. The van der Waals surface area contributed by atoms with E-state index in [1.807, 2.05) is 35.2 Å². The zero-order valence-corrected chi connectivity index (χ0v) is 21.5. The number of carbonyl (C=O) groups excluding carboxylic acids is 2. The SMILES string of the molecule is Cc1cccc(N2CCN(CCCCNC(=O)C3CCN(C(=O)COc4ccccc4)CC3)CC2)c1. The van der Waals surface area contributed by atoms with E-state index in [0.29, 0.717) is 31.7 Å². The predicted molar refractivity (Wildman–Crippen MR) is 143 cm³/mol. The van der Waals surface area contributed by atoms with Crippen molar-refractivity contribution in [2.75, 3.05) is 63.9 Å². The highest BCUT2D eigenvalue weighted by Gasteiger charge is 2.27. The summed E-state index contributed by atoms with van der Waals surface area (Å²) in [5, 5.41) is 3.12. The van der Waals surface area contributed by atoms with Gasteiger partial charge in [0, 0.05) is 57.4 Å². The third-order valence-electron chi connectivity index (χ3n) is 7.26. The van der Waals surface area contributed by atoms with Crippen LogP contribution in [-0.4, -0.2) is 80.6 Å². The van der Waals surface area contributed by atoms with Crippen LogP contribution < -0.4 is 15.0 Å². The molecule has 0 bridgehead atoms. The lowest BCUT2D eigenvalue weighted by Gasteiger charge is -2.36. The van der Waals surface area contributed by atoms with Crippen molar-refractivity contribution in [3.05, 3.63) is 60.2 Å². The highest BCUT2D eigenvalue weighted by atomic mass is 16.5. The Morgan fingerprint density at radius 3 is 2.39 bits per heavy atom. The molecule has 2 fully saturated rings. The largest absolute Gasteiger partial charge is 0.484 e. The molecular weight excluding hydrogens is 452 g/mol. The van der Waals surface area contributed by atoms with Crippen molar-refractivity contribution in [2.45, 2.75) is 32.6 Å². The number of piperidine rings is 1. The van der Waals surface area contributed by atoms with Crippen molar-refractivity contribution in [1.29, 1.82) is 0 Å². The number of hydrogen-bond acceptors (Lipinski definition) is 5. The minimum Gasteiger partial charge on any atom is -0.484 e. The maximum absolute atomic E-state index is 12.6. The molecule has 0 aromatic heterocycles. The normalized spacial score (nSPS) is 17.1. The number of rotatable bonds is 10. The molecule has 0 atom stereocenters. The van der Waals surface area contributed by atoms with Crippen LogP contribution >= 0.6 is 0 Å². The molecule has 0 saturated carbocycles. The van der Waals surface area contributed by atoms with Gasteiger partial charge in [-0.1, -0.05) is 30.3 Å². The quantitative estimate of drug-likeness (QED) is 0.516. The summed E-state index contributed by atoms with van der Waals surface area (Å²) < 4.78 is 5.57. The van der Waals surface area contributed by atoms with Crippen molar-refractivity contribution >= 4 is 17.5 Å². The number of hydrogen-bond donors (Lipinski definition) is 1. The molecule has 2 amide bonds. The Labute approximate surface area is 215 Å². The number of likely N-dealkylation sites (tertiary alicyclic amines) is 1. The summed E-state index contributed by atoms with van der Waals surface area (Å²) in [7, 11) is 0. The predicted octanol–water partition coefficient (Wildman–Crippen LogP) is 3.33. The highest BCUT2D eigenvalue weighted by Crippen LogP contribution is 2.19. The van der Waals surface area contributed by atoms with Crippen LogP contribution in [0.1, 0.15) is 31.2 Å². The first-order valence-corrected chi connectivity index (χ1v) is 13.4. The Morgan fingerprint density at radius 1 is 0.917 bits per heavy atom. The van der Waals surface area contributed by atoms with E-state index >= 15 is 0 Å². The highest BCUT2D eigenvalue weighted by molar-refractivity contribution is 5.80. The van der Waals surface area contributed by atoms with Gasteiger partial charge >= 0.3 is 0 Å². The average molecular weight is 493 g/mol. The minimum absolute atomic E-state index is 0.00112. The monoisotopic (exact) mass is 492 g/mol. The summed E-state index contributed by atoms with van der Waals surface area (Å²) >= 11 is 0. The van der Waals surface area contributed by atoms with Gasteiger partial charge in [-0.3, -0.25) is 14.5 Å². The van der Waals surface area contributed by atoms with Gasteiger partial charge in [-0.15, -0.1) is 0 Å². The van der Waals surface area contributed by atoms with E-state index in [1.54, 1.807) is 0 Å². The van der Waals surface area contributed by atoms with Crippen LogP contribution in [0, 0.1) is 12.8 Å². The zero-order valence-electron chi connectivity index (χ0n) is 21.5. The van der Waals surface area contributed by atoms with Crippen molar-refractivity contribution in [3.8, 4) is 5.75 Å². The number of amides is 2. The van der Waals surface area contributed by atoms with E-state index in [-0.39, 0.29) is 24.3 Å². The van der Waals surface area contributed by atoms with Gasteiger partial charge in [0.15, 0.2) is 6.61 Å². The van der Waals surface area contributed by atoms with E-state index in [2.05, 4.69) is 46.3 Å². The second-order valence-electron chi connectivity index (χ2n) is 9.92. The van der Waals surface area contributed by atoms with E-state index in [9.17, 15) is 9.59 Å². The maximum Gasteiger partial charge on any atom is 0.260 e. The summed E-state index contributed by atoms with van der Waals surface area (Å²) in [5.74, 6) is 0.815. The van der Waals surface area contributed by atoms with Gasteiger partial charge in [-0.25, -0.2) is 0 Å². The molecule has 2 heterocycles. The third-order valence-corrected chi connectivity index (χ3v) is 7.26. The average Bonchev–Trinajstić information content (AvgIpc) is 2.92. The van der Waals surface area contributed by atoms with Gasteiger partial charge in [0.25, 0.3) is 5.91 Å². The molecule has 7 heteroatoms. The molecule has 2 saturated heterocycles. The maximum atomic E-state index is 12.6. The Kier molecular flexibility index (Phi) is 9.61. The molecule has 0 aliphatic carbocycles. The Hall–Kier alpha value is -3.06. The van der Waals surface area contributed by atoms with Crippen LogP contribution in [0.25, 0.3) is 0 Å². The molecule has 2 aliphatic heterocycles. The van der Waals surface area contributed by atoms with Crippen molar-refractivity contribution in [3.63, 3.8) is 0 Å². The first-order chi connectivity index (χ1) is 17.6. The fraction of sp³-hybridized carbons (Fsp3) is 0.517. The lowest BCUT2D eigenvalue weighted by Crippen LogP contribution is -2.46. The number of ether oxygens (including phenoxy) is 1. The number of anilines is 1. The number of piperazine rings is 1. The third kappa shape index (κ3) is 7.72. The first kappa shape index (κ1) is 26.0. The number of unbranched alkanes of at least 4 members (excludes halogenated alkanes) is 1. The standard InChI is InChI=1S/C29H40N4O3/c1-24-8-7-9-26(22-24)32-20-18-31(19-21-32)15-6-5-14-30-29(35)25-12-16-33(17-13-25)28(34)23-36-27-10-3-2-4-11-27/h2-4,7-11,22,25H,5-6,12-21,23H2,1H3,(H,30,35). The van der Waals surface area contributed by atoms with Crippen LogP contribution in [0.15, 0.2) is 54.6 Å². The Morgan fingerprint density at radius 2 is 1.67 bits per heavy atom. The number of nitrogens with one attached hydrogen (secondary N) is 1. The van der Waals surface area contributed by atoms with Crippen LogP contribution in [0.3, 0.4) is 0 Å². The summed E-state index contributed by atoms with van der Waals surface area (Å²) in [4.78, 5) is 31.8. The first-order valence-electron chi connectivity index (χ1n) is 13.4. The van der Waals surface area contributed by atoms with Gasteiger partial charge in [0.2, 0.25) is 5.91 Å². The lowest BCUT2D eigenvalue weighted by atomic mass is 9.96. The summed E-state index contributed by atoms with van der Waals surface area (Å²) in [5.41, 5.74) is 2.64. The van der Waals surface area contributed by atoms with Crippen LogP contribution in [0.2, 0.25) is 0 Å². The zero-order chi connectivity index (χ0) is 25.2. The molecule has 7 nitrogen and oxygen atoms in total. The molecule has 1 N–H and O–H groups in total. The fourth-order valence-electron chi connectivity index (χ4n) is 5.01. The molecule has 0 spiro atoms. The topological polar surface area (TPSA) is 65.1 Å². The number of para-hydroxylation sites is 1. The van der Waals surface area contributed by atoms with Crippen LogP contribution in [0.4, 0.5) is 5.69 Å². The smallest absolute Gasteiger partial charge is 0.260 e. The van der Waals surface area contributed by atoms with Gasteiger partial charge in [0.05, 0.1) is 0 Å². The molecule has 2 aromatic rings. The summed E-state index contributed by atoms with van der Waals surface area (Å²) in [6.07, 6.45) is 3.53. The Balaban J connectivity index is 1.04. The van der Waals surface area contributed by atoms with E-state index in [1.165, 1.54) is 11.3 Å². The number of benzene rings is 2. The number of aryl methyl sites for hydroxylation is 1. The van der Waals surface area contributed by atoms with Crippen molar-refractivity contribution in [2.24, 2.45) is 5.92 Å². The van der Waals surface area contributed by atoms with Gasteiger partial charge < -0.3 is 19.9 Å².